The van der Waals surface area contributed by atoms with Gasteiger partial charge in [0.25, 0.3) is 11.8 Å². The molecule has 2 aromatic rings. The molecule has 35 heavy (non-hydrogen) atoms. The van der Waals surface area contributed by atoms with Crippen LogP contribution in [-0.2, 0) is 9.59 Å². The van der Waals surface area contributed by atoms with Gasteiger partial charge in [-0.15, -0.1) is 0 Å². The lowest BCUT2D eigenvalue weighted by Crippen LogP contribution is -2.53. The van der Waals surface area contributed by atoms with Crippen molar-refractivity contribution >= 4 is 35.0 Å². The quantitative estimate of drug-likeness (QED) is 0.533. The summed E-state index contributed by atoms with van der Waals surface area (Å²) in [6, 6.07) is 6.14. The number of carbonyl (C=O) groups is 2. The molecule has 3 N–H and O–H groups in total. The van der Waals surface area contributed by atoms with Gasteiger partial charge < -0.3 is 25.2 Å². The van der Waals surface area contributed by atoms with E-state index in [4.69, 9.17) is 32.7 Å². The lowest BCUT2D eigenvalue weighted by atomic mass is 9.76. The van der Waals surface area contributed by atoms with Crippen LogP contribution in [0.3, 0.4) is 0 Å². The number of hydrogen-bond acceptors (Lipinski definition) is 5. The van der Waals surface area contributed by atoms with Crippen LogP contribution in [-0.4, -0.2) is 41.2 Å². The van der Waals surface area contributed by atoms with Gasteiger partial charge in [-0.25, -0.2) is 8.78 Å². The number of aliphatic hydroxyl groups is 1. The van der Waals surface area contributed by atoms with E-state index >= 15 is 0 Å². The summed E-state index contributed by atoms with van der Waals surface area (Å²) in [5.74, 6) is -1.60. The number of nitrogens with one attached hydrogen (secondary N) is 2. The maximum absolute atomic E-state index is 13.8. The van der Waals surface area contributed by atoms with E-state index in [-0.39, 0.29) is 52.4 Å². The minimum Gasteiger partial charge on any atom is -0.484 e. The lowest BCUT2D eigenvalue weighted by Gasteiger charge is -2.39. The van der Waals surface area contributed by atoms with Gasteiger partial charge in [-0.3, -0.25) is 9.59 Å². The summed E-state index contributed by atoms with van der Waals surface area (Å²) in [4.78, 5) is 25.3. The van der Waals surface area contributed by atoms with Crippen LogP contribution < -0.4 is 20.1 Å². The molecule has 3 aliphatic carbocycles. The zero-order valence-corrected chi connectivity index (χ0v) is 19.8. The van der Waals surface area contributed by atoms with Crippen LogP contribution in [0.1, 0.15) is 37.4 Å². The summed E-state index contributed by atoms with van der Waals surface area (Å²) in [7, 11) is 0. The van der Waals surface area contributed by atoms with Crippen LogP contribution in [0.2, 0.25) is 10.0 Å². The highest BCUT2D eigenvalue weighted by molar-refractivity contribution is 6.31. The molecule has 6 rings (SSSR count). The van der Waals surface area contributed by atoms with Crippen molar-refractivity contribution in [3.8, 4) is 11.5 Å². The van der Waals surface area contributed by atoms with Gasteiger partial charge in [-0.1, -0.05) is 23.2 Å². The van der Waals surface area contributed by atoms with Gasteiger partial charge in [0, 0.05) is 35.7 Å². The SMILES string of the molecule is O=C(COc1ccc(Cl)c(F)c1)NC12CC(C1)C(NC(=O)[C@@H]1C[C@H](O)c3cc(Cl)c(F)cc3O1)C2. The molecule has 2 bridgehead atoms. The highest BCUT2D eigenvalue weighted by atomic mass is 35.5. The number of aliphatic hydroxyl groups excluding tert-OH is 1. The molecule has 1 aliphatic heterocycles. The average molecular weight is 527 g/mol. The Labute approximate surface area is 209 Å². The third-order valence-electron chi connectivity index (χ3n) is 6.89. The van der Waals surface area contributed by atoms with Gasteiger partial charge in [-0.05, 0) is 43.4 Å². The Balaban J connectivity index is 1.13. The fourth-order valence-corrected chi connectivity index (χ4v) is 5.52. The predicted molar refractivity (Wildman–Crippen MR) is 122 cm³/mol. The summed E-state index contributed by atoms with van der Waals surface area (Å²) in [5, 5.41) is 16.2. The normalized spacial score (nSPS) is 28.4. The van der Waals surface area contributed by atoms with Crippen molar-refractivity contribution in [1.29, 1.82) is 0 Å². The van der Waals surface area contributed by atoms with E-state index in [1.807, 2.05) is 0 Å². The molecule has 0 spiro atoms. The second kappa shape index (κ2) is 9.11. The van der Waals surface area contributed by atoms with Crippen molar-refractivity contribution in [2.75, 3.05) is 6.61 Å². The Hall–Kier alpha value is -2.62. The monoisotopic (exact) mass is 526 g/mol. The van der Waals surface area contributed by atoms with Gasteiger partial charge in [-0.2, -0.15) is 0 Å². The standard InChI is InChI=1S/C24H22Cl2F2N2O5/c25-14-2-1-12(3-16(14)27)34-10-22(32)30-24-7-11(8-24)18(9-24)29-23(33)21-6-19(31)13-4-15(26)17(28)5-20(13)35-21/h1-5,11,18-19,21,31H,6-10H2,(H,29,33)(H,30,32)/t11?,18?,19-,21-,24?/m0/s1. The number of benzene rings is 2. The van der Waals surface area contributed by atoms with Crippen LogP contribution in [0.25, 0.3) is 0 Å². The predicted octanol–water partition coefficient (Wildman–Crippen LogP) is 3.69. The molecule has 1 unspecified atom stereocenters. The van der Waals surface area contributed by atoms with Crippen LogP contribution in [0.4, 0.5) is 8.78 Å². The molecule has 4 aliphatic rings. The molecule has 2 aromatic carbocycles. The first-order chi connectivity index (χ1) is 16.6. The van der Waals surface area contributed by atoms with Gasteiger partial charge in [0.1, 0.15) is 23.1 Å². The Kier molecular flexibility index (Phi) is 6.27. The van der Waals surface area contributed by atoms with E-state index in [9.17, 15) is 23.5 Å². The van der Waals surface area contributed by atoms with E-state index in [0.29, 0.717) is 24.8 Å². The van der Waals surface area contributed by atoms with Crippen molar-refractivity contribution in [2.24, 2.45) is 5.92 Å². The summed E-state index contributed by atoms with van der Waals surface area (Å²) in [5.41, 5.74) is -0.0953. The molecule has 3 fully saturated rings. The smallest absolute Gasteiger partial charge is 0.261 e. The number of carbonyl (C=O) groups excluding carboxylic acids is 2. The largest absolute Gasteiger partial charge is 0.484 e. The third kappa shape index (κ3) is 4.77. The zero-order valence-electron chi connectivity index (χ0n) is 18.3. The summed E-state index contributed by atoms with van der Waals surface area (Å²) < 4.78 is 38.3. The van der Waals surface area contributed by atoms with Gasteiger partial charge in [0.2, 0.25) is 0 Å². The lowest BCUT2D eigenvalue weighted by molar-refractivity contribution is -0.131. The maximum atomic E-state index is 13.8. The topological polar surface area (TPSA) is 96.9 Å². The Morgan fingerprint density at radius 2 is 1.86 bits per heavy atom. The van der Waals surface area contributed by atoms with Crippen molar-refractivity contribution in [1.82, 2.24) is 10.6 Å². The summed E-state index contributed by atoms with van der Waals surface area (Å²) >= 11 is 11.4. The van der Waals surface area contributed by atoms with Crippen LogP contribution in [0.5, 0.6) is 11.5 Å². The Morgan fingerprint density at radius 3 is 2.60 bits per heavy atom. The van der Waals surface area contributed by atoms with Crippen LogP contribution >= 0.6 is 23.2 Å². The molecular weight excluding hydrogens is 505 g/mol. The fourth-order valence-electron chi connectivity index (χ4n) is 5.23. The van der Waals surface area contributed by atoms with E-state index in [2.05, 4.69) is 10.6 Å². The maximum Gasteiger partial charge on any atom is 0.261 e. The van der Waals surface area contributed by atoms with Crippen molar-refractivity contribution in [3.63, 3.8) is 0 Å². The average Bonchev–Trinajstić information content (AvgIpc) is 3.29. The molecule has 3 atom stereocenters. The first kappa shape index (κ1) is 24.1. The van der Waals surface area contributed by atoms with Crippen molar-refractivity contribution in [2.45, 2.75) is 49.5 Å². The van der Waals surface area contributed by atoms with Gasteiger partial charge >= 0.3 is 0 Å². The second-order valence-electron chi connectivity index (χ2n) is 9.34. The van der Waals surface area contributed by atoms with E-state index < -0.39 is 35.3 Å². The first-order valence-electron chi connectivity index (χ1n) is 11.2. The number of halogens is 4. The van der Waals surface area contributed by atoms with Gasteiger partial charge in [0.05, 0.1) is 16.1 Å². The van der Waals surface area contributed by atoms with Crippen LogP contribution in [0, 0.1) is 17.6 Å². The number of fused-ring (bicyclic) bond motifs is 2. The Bertz CT molecular complexity index is 1190. The first-order valence-corrected chi connectivity index (χ1v) is 11.9. The zero-order chi connectivity index (χ0) is 24.9. The minimum absolute atomic E-state index is 0.0166. The number of hydrogen-bond donors (Lipinski definition) is 3. The molecule has 186 valence electrons. The van der Waals surface area contributed by atoms with Crippen molar-refractivity contribution < 1.29 is 33.0 Å². The molecule has 7 nitrogen and oxygen atoms in total. The highest BCUT2D eigenvalue weighted by Crippen LogP contribution is 2.52. The van der Waals surface area contributed by atoms with E-state index in [0.717, 1.165) is 12.1 Å². The molecule has 0 aromatic heterocycles. The molecular formula is C24H22Cl2F2N2O5. The van der Waals surface area contributed by atoms with E-state index in [1.165, 1.54) is 18.2 Å². The van der Waals surface area contributed by atoms with Crippen LogP contribution in [0.15, 0.2) is 30.3 Å². The highest BCUT2D eigenvalue weighted by Gasteiger charge is 2.57. The number of rotatable bonds is 6. The second-order valence-corrected chi connectivity index (χ2v) is 10.2. The molecule has 3 saturated carbocycles. The summed E-state index contributed by atoms with van der Waals surface area (Å²) in [6.45, 7) is -0.279. The van der Waals surface area contributed by atoms with E-state index in [1.54, 1.807) is 0 Å². The fraction of sp³-hybridized carbons (Fsp3) is 0.417. The van der Waals surface area contributed by atoms with Gasteiger partial charge in [0.15, 0.2) is 12.7 Å². The summed E-state index contributed by atoms with van der Waals surface area (Å²) in [6.07, 6.45) is -0.0113. The number of amides is 2. The third-order valence-corrected chi connectivity index (χ3v) is 7.49. The van der Waals surface area contributed by atoms with Crippen molar-refractivity contribution in [3.05, 3.63) is 57.6 Å². The molecule has 2 amide bonds. The minimum atomic E-state index is -1.01. The molecule has 11 heteroatoms. The molecule has 0 saturated heterocycles. The molecule has 1 heterocycles. The molecule has 0 radical (unpaired) electrons. The Morgan fingerprint density at radius 1 is 1.11 bits per heavy atom. The number of ether oxygens (including phenoxy) is 2.